The molecule has 0 radical (unpaired) electrons. The number of hydrogen-bond donors (Lipinski definition) is 2. The Morgan fingerprint density at radius 1 is 1.42 bits per heavy atom. The minimum Gasteiger partial charge on any atom is -0.493 e. The number of aliphatic hydroxyl groups excluding tert-OH is 1. The summed E-state index contributed by atoms with van der Waals surface area (Å²) in [5.41, 5.74) is 0.736. The second-order valence-electron chi connectivity index (χ2n) is 4.22. The van der Waals surface area contributed by atoms with Crippen LogP contribution in [0.2, 0.25) is 0 Å². The van der Waals surface area contributed by atoms with E-state index in [2.05, 4.69) is 5.32 Å². The van der Waals surface area contributed by atoms with E-state index in [4.69, 9.17) is 9.47 Å². The Labute approximate surface area is 113 Å². The molecule has 0 saturated heterocycles. The molecule has 19 heavy (non-hydrogen) atoms. The Morgan fingerprint density at radius 2 is 2.16 bits per heavy atom. The van der Waals surface area contributed by atoms with Crippen molar-refractivity contribution in [1.82, 2.24) is 5.32 Å². The lowest BCUT2D eigenvalue weighted by Crippen LogP contribution is -2.29. The summed E-state index contributed by atoms with van der Waals surface area (Å²) in [4.78, 5) is 11.4. The molecule has 0 fully saturated rings. The molecule has 0 aliphatic carbocycles. The van der Waals surface area contributed by atoms with Crippen LogP contribution in [0.15, 0.2) is 18.2 Å². The fraction of sp³-hybridized carbons (Fsp3) is 0.500. The predicted octanol–water partition coefficient (Wildman–Crippen LogP) is 1.65. The number of methoxy groups -OCH3 is 1. The van der Waals surface area contributed by atoms with Gasteiger partial charge in [0, 0.05) is 6.54 Å². The van der Waals surface area contributed by atoms with Gasteiger partial charge in [0.1, 0.15) is 0 Å². The van der Waals surface area contributed by atoms with Gasteiger partial charge in [-0.3, -0.25) is 4.79 Å². The minimum atomic E-state index is -0.573. The molecule has 1 atom stereocenters. The third-order valence-electron chi connectivity index (χ3n) is 2.60. The van der Waals surface area contributed by atoms with Crippen LogP contribution < -0.4 is 14.8 Å². The van der Waals surface area contributed by atoms with E-state index >= 15 is 0 Å². The van der Waals surface area contributed by atoms with Gasteiger partial charge in [-0.2, -0.15) is 0 Å². The molecule has 0 aliphatic heterocycles. The summed E-state index contributed by atoms with van der Waals surface area (Å²) in [7, 11) is 1.52. The first kappa shape index (κ1) is 15.3. The predicted molar refractivity (Wildman–Crippen MR) is 72.4 cm³/mol. The molecular weight excluding hydrogens is 246 g/mol. The Hall–Kier alpha value is -1.75. The molecule has 106 valence electrons. The van der Waals surface area contributed by atoms with Crippen LogP contribution in [-0.2, 0) is 4.79 Å². The standard InChI is InChI=1S/C14H21NO4/c1-4-7-15-14(17)9-19-12-6-5-11(10(2)16)8-13(12)18-3/h5-6,8,10,16H,4,7,9H2,1-3H3,(H,15,17)/t10-/m1/s1. The zero-order chi connectivity index (χ0) is 14.3. The first-order valence-electron chi connectivity index (χ1n) is 6.34. The highest BCUT2D eigenvalue weighted by molar-refractivity contribution is 5.77. The average molecular weight is 267 g/mol. The fourth-order valence-electron chi connectivity index (χ4n) is 1.52. The summed E-state index contributed by atoms with van der Waals surface area (Å²) in [5, 5.41) is 12.2. The van der Waals surface area contributed by atoms with Gasteiger partial charge in [-0.25, -0.2) is 0 Å². The van der Waals surface area contributed by atoms with Crippen LogP contribution in [0.1, 0.15) is 31.9 Å². The van der Waals surface area contributed by atoms with Crippen molar-refractivity contribution in [3.05, 3.63) is 23.8 Å². The Bertz CT molecular complexity index is 418. The molecule has 1 aromatic carbocycles. The normalized spacial score (nSPS) is 11.8. The topological polar surface area (TPSA) is 67.8 Å². The molecule has 1 amide bonds. The van der Waals surface area contributed by atoms with Crippen molar-refractivity contribution in [2.24, 2.45) is 0 Å². The van der Waals surface area contributed by atoms with E-state index in [1.165, 1.54) is 7.11 Å². The van der Waals surface area contributed by atoms with E-state index < -0.39 is 6.10 Å². The quantitative estimate of drug-likeness (QED) is 0.788. The molecule has 0 spiro atoms. The minimum absolute atomic E-state index is 0.0512. The second-order valence-corrected chi connectivity index (χ2v) is 4.22. The molecule has 0 aromatic heterocycles. The van der Waals surface area contributed by atoms with Crippen molar-refractivity contribution >= 4 is 5.91 Å². The SMILES string of the molecule is CCCNC(=O)COc1ccc([C@@H](C)O)cc1OC. The molecule has 1 aromatic rings. The molecule has 0 aliphatic rings. The van der Waals surface area contributed by atoms with Gasteiger partial charge in [0.25, 0.3) is 5.91 Å². The van der Waals surface area contributed by atoms with E-state index in [1.54, 1.807) is 25.1 Å². The molecule has 0 bridgehead atoms. The van der Waals surface area contributed by atoms with Gasteiger partial charge in [-0.05, 0) is 31.0 Å². The first-order valence-corrected chi connectivity index (χ1v) is 6.34. The number of carbonyl (C=O) groups excluding carboxylic acids is 1. The molecule has 0 heterocycles. The van der Waals surface area contributed by atoms with E-state index in [1.807, 2.05) is 6.92 Å². The molecule has 5 nitrogen and oxygen atoms in total. The number of nitrogens with one attached hydrogen (secondary N) is 1. The second kappa shape index (κ2) is 7.63. The summed E-state index contributed by atoms with van der Waals surface area (Å²) in [6.07, 6.45) is 0.314. The highest BCUT2D eigenvalue weighted by atomic mass is 16.5. The van der Waals surface area contributed by atoms with Crippen molar-refractivity contribution in [2.75, 3.05) is 20.3 Å². The molecule has 0 saturated carbocycles. The summed E-state index contributed by atoms with van der Waals surface area (Å²) < 4.78 is 10.6. The highest BCUT2D eigenvalue weighted by Crippen LogP contribution is 2.30. The maximum atomic E-state index is 11.4. The molecular formula is C14H21NO4. The summed E-state index contributed by atoms with van der Waals surface area (Å²) in [6.45, 7) is 4.25. The van der Waals surface area contributed by atoms with Crippen LogP contribution in [0.3, 0.4) is 0 Å². The summed E-state index contributed by atoms with van der Waals surface area (Å²) >= 11 is 0. The number of benzene rings is 1. The van der Waals surface area contributed by atoms with Gasteiger partial charge in [-0.15, -0.1) is 0 Å². The molecule has 2 N–H and O–H groups in total. The highest BCUT2D eigenvalue weighted by Gasteiger charge is 2.10. The van der Waals surface area contributed by atoms with Crippen molar-refractivity contribution in [2.45, 2.75) is 26.4 Å². The van der Waals surface area contributed by atoms with Gasteiger partial charge in [0.05, 0.1) is 13.2 Å². The number of aliphatic hydroxyl groups is 1. The smallest absolute Gasteiger partial charge is 0.257 e. The van der Waals surface area contributed by atoms with Crippen molar-refractivity contribution in [3.63, 3.8) is 0 Å². The third-order valence-corrected chi connectivity index (χ3v) is 2.60. The number of carbonyl (C=O) groups is 1. The Kier molecular flexibility index (Phi) is 6.15. The van der Waals surface area contributed by atoms with Gasteiger partial charge < -0.3 is 19.9 Å². The van der Waals surface area contributed by atoms with E-state index in [0.29, 0.717) is 18.0 Å². The number of hydrogen-bond acceptors (Lipinski definition) is 4. The van der Waals surface area contributed by atoms with E-state index in [-0.39, 0.29) is 12.5 Å². The first-order chi connectivity index (χ1) is 9.08. The van der Waals surface area contributed by atoms with Crippen LogP contribution >= 0.6 is 0 Å². The Balaban J connectivity index is 2.65. The van der Waals surface area contributed by atoms with Crippen LogP contribution in [0.25, 0.3) is 0 Å². The zero-order valence-corrected chi connectivity index (χ0v) is 11.6. The summed E-state index contributed by atoms with van der Waals surface area (Å²) in [6, 6.07) is 5.13. The monoisotopic (exact) mass is 267 g/mol. The lowest BCUT2D eigenvalue weighted by Gasteiger charge is -2.13. The average Bonchev–Trinajstić information content (AvgIpc) is 2.42. The van der Waals surface area contributed by atoms with E-state index in [0.717, 1.165) is 12.0 Å². The number of rotatable bonds is 7. The lowest BCUT2D eigenvalue weighted by atomic mass is 10.1. The largest absolute Gasteiger partial charge is 0.493 e. The third kappa shape index (κ3) is 4.79. The lowest BCUT2D eigenvalue weighted by molar-refractivity contribution is -0.123. The maximum Gasteiger partial charge on any atom is 0.257 e. The maximum absolute atomic E-state index is 11.4. The number of amides is 1. The van der Waals surface area contributed by atoms with Gasteiger partial charge in [0.15, 0.2) is 18.1 Å². The van der Waals surface area contributed by atoms with Gasteiger partial charge in [-0.1, -0.05) is 13.0 Å². The van der Waals surface area contributed by atoms with Crippen molar-refractivity contribution in [1.29, 1.82) is 0 Å². The van der Waals surface area contributed by atoms with Crippen LogP contribution in [0.5, 0.6) is 11.5 Å². The fourth-order valence-corrected chi connectivity index (χ4v) is 1.52. The Morgan fingerprint density at radius 3 is 2.74 bits per heavy atom. The molecule has 5 heteroatoms. The van der Waals surface area contributed by atoms with E-state index in [9.17, 15) is 9.90 Å². The van der Waals surface area contributed by atoms with Gasteiger partial charge >= 0.3 is 0 Å². The molecule has 1 rings (SSSR count). The van der Waals surface area contributed by atoms with Crippen molar-refractivity contribution < 1.29 is 19.4 Å². The van der Waals surface area contributed by atoms with Crippen LogP contribution in [-0.4, -0.2) is 31.3 Å². The summed E-state index contributed by atoms with van der Waals surface area (Å²) in [5.74, 6) is 0.823. The molecule has 0 unspecified atom stereocenters. The van der Waals surface area contributed by atoms with Crippen LogP contribution in [0.4, 0.5) is 0 Å². The zero-order valence-electron chi connectivity index (χ0n) is 11.6. The van der Waals surface area contributed by atoms with Gasteiger partial charge in [0.2, 0.25) is 0 Å². The number of ether oxygens (including phenoxy) is 2. The van der Waals surface area contributed by atoms with Crippen LogP contribution in [0, 0.1) is 0 Å². The van der Waals surface area contributed by atoms with Crippen molar-refractivity contribution in [3.8, 4) is 11.5 Å².